The normalized spacial score (nSPS) is 24.0. The lowest BCUT2D eigenvalue weighted by atomic mass is 9.73. The van der Waals surface area contributed by atoms with Crippen molar-refractivity contribution >= 4 is 50.9 Å². The molecule has 0 bridgehead atoms. The molecule has 0 N–H and O–H groups in total. The molecular weight excluding hydrogens is 589 g/mol. The minimum absolute atomic E-state index is 0.0104. The number of nitrogens with zero attached hydrogens (tertiary/aromatic N) is 3. The predicted molar refractivity (Wildman–Crippen MR) is 168 cm³/mol. The number of benzene rings is 3. The monoisotopic (exact) mass is 621 g/mol. The Morgan fingerprint density at radius 2 is 1.50 bits per heavy atom. The highest BCUT2D eigenvalue weighted by Crippen LogP contribution is 2.46. The lowest BCUT2D eigenvalue weighted by Crippen LogP contribution is -2.35. The van der Waals surface area contributed by atoms with Crippen LogP contribution in [0.3, 0.4) is 0 Å². The summed E-state index contributed by atoms with van der Waals surface area (Å²) in [6, 6.07) is 21.3. The molecule has 42 heavy (non-hydrogen) atoms. The van der Waals surface area contributed by atoms with Crippen LogP contribution < -0.4 is 0 Å². The SMILES string of the molecule is C[C@@H]1C/C(=C\c2ccc(Cl)cc2)C2=NN(C(=O)c3ccc(S(=O)(=O)N4CCCCC4)cc3)[C@@H](c3ccc(Cl)cc3)[C@H]2C1. The zero-order valence-corrected chi connectivity index (χ0v) is 25.7. The Bertz CT molecular complexity index is 1630. The van der Waals surface area contributed by atoms with E-state index in [0.29, 0.717) is 34.6 Å². The number of fused-ring (bicyclic) bond motifs is 1. The minimum Gasteiger partial charge on any atom is -0.267 e. The standard InChI is InChI=1S/C33H33Cl2N3O3S/c1-22-19-26(21-23-5-11-27(34)12-6-23)31-30(20-22)32(24-7-13-28(35)14-8-24)38(36-31)33(39)25-9-15-29(16-10-25)42(40,41)37-17-3-2-4-18-37/h5-16,21-22,30,32H,2-4,17-20H2,1H3/b26-21+/t22-,30+,32+/m1/s1. The summed E-state index contributed by atoms with van der Waals surface area (Å²) < 4.78 is 27.9. The number of sulfonamides is 1. The van der Waals surface area contributed by atoms with Gasteiger partial charge in [0.25, 0.3) is 5.91 Å². The van der Waals surface area contributed by atoms with Crippen LogP contribution in [0.25, 0.3) is 6.08 Å². The molecule has 1 saturated heterocycles. The average Bonchev–Trinajstić information content (AvgIpc) is 3.38. The van der Waals surface area contributed by atoms with Crippen LogP contribution in [0.5, 0.6) is 0 Å². The van der Waals surface area contributed by atoms with Crippen molar-refractivity contribution in [1.82, 2.24) is 9.31 Å². The van der Waals surface area contributed by atoms with Crippen molar-refractivity contribution < 1.29 is 13.2 Å². The van der Waals surface area contributed by atoms with Crippen molar-refractivity contribution in [2.45, 2.75) is 50.0 Å². The number of rotatable bonds is 5. The van der Waals surface area contributed by atoms with Gasteiger partial charge in [0.05, 0.1) is 16.6 Å². The van der Waals surface area contributed by atoms with Crippen LogP contribution in [0.1, 0.15) is 66.6 Å². The molecular formula is C33H33Cl2N3O3S. The molecule has 0 aromatic heterocycles. The third kappa shape index (κ3) is 5.80. The fourth-order valence-electron chi connectivity index (χ4n) is 6.37. The molecule has 9 heteroatoms. The van der Waals surface area contributed by atoms with E-state index >= 15 is 0 Å². The van der Waals surface area contributed by atoms with Crippen LogP contribution in [0.4, 0.5) is 0 Å². The summed E-state index contributed by atoms with van der Waals surface area (Å²) >= 11 is 12.3. The summed E-state index contributed by atoms with van der Waals surface area (Å²) in [6.45, 7) is 3.29. The van der Waals surface area contributed by atoms with Gasteiger partial charge in [0.2, 0.25) is 10.0 Å². The number of allylic oxidation sites excluding steroid dienone is 1. The third-order valence-electron chi connectivity index (χ3n) is 8.45. The minimum atomic E-state index is -3.59. The van der Waals surface area contributed by atoms with E-state index in [-0.39, 0.29) is 22.8 Å². The van der Waals surface area contributed by atoms with Gasteiger partial charge in [-0.2, -0.15) is 9.41 Å². The first-order valence-electron chi connectivity index (χ1n) is 14.4. The van der Waals surface area contributed by atoms with Crippen LogP contribution in [0.15, 0.2) is 88.4 Å². The Balaban J connectivity index is 1.36. The fourth-order valence-corrected chi connectivity index (χ4v) is 8.14. The summed E-state index contributed by atoms with van der Waals surface area (Å²) in [5.74, 6) is 0.144. The lowest BCUT2D eigenvalue weighted by Gasteiger charge is -2.32. The van der Waals surface area contributed by atoms with Crippen molar-refractivity contribution in [2.24, 2.45) is 16.9 Å². The summed E-state index contributed by atoms with van der Waals surface area (Å²) in [4.78, 5) is 14.3. The van der Waals surface area contributed by atoms with Crippen LogP contribution >= 0.6 is 23.2 Å². The zero-order valence-electron chi connectivity index (χ0n) is 23.4. The molecule has 6 rings (SSSR count). The molecule has 218 valence electrons. The quantitative estimate of drug-likeness (QED) is 0.291. The van der Waals surface area contributed by atoms with E-state index in [1.807, 2.05) is 48.5 Å². The van der Waals surface area contributed by atoms with Gasteiger partial charge in [-0.15, -0.1) is 0 Å². The molecule has 3 aromatic rings. The van der Waals surface area contributed by atoms with E-state index in [9.17, 15) is 13.2 Å². The maximum absolute atomic E-state index is 14.1. The molecule has 0 spiro atoms. The Labute approximate surface area is 257 Å². The molecule has 1 amide bonds. The Hall–Kier alpha value is -2.97. The number of carbonyl (C=O) groups is 1. The first-order valence-corrected chi connectivity index (χ1v) is 16.6. The number of hydrogen-bond acceptors (Lipinski definition) is 4. The van der Waals surface area contributed by atoms with Gasteiger partial charge in [-0.05, 0) is 103 Å². The van der Waals surface area contributed by atoms with Gasteiger partial charge in [-0.1, -0.05) is 60.8 Å². The Morgan fingerprint density at radius 3 is 2.14 bits per heavy atom. The van der Waals surface area contributed by atoms with Gasteiger partial charge in [-0.25, -0.2) is 13.4 Å². The van der Waals surface area contributed by atoms with Gasteiger partial charge in [0.15, 0.2) is 0 Å². The first-order chi connectivity index (χ1) is 20.2. The maximum Gasteiger partial charge on any atom is 0.274 e. The van der Waals surface area contributed by atoms with E-state index in [1.165, 1.54) is 4.31 Å². The van der Waals surface area contributed by atoms with Crippen molar-refractivity contribution in [1.29, 1.82) is 0 Å². The Kier molecular flexibility index (Phi) is 8.29. The second-order valence-electron chi connectivity index (χ2n) is 11.5. The summed E-state index contributed by atoms with van der Waals surface area (Å²) in [5, 5.41) is 7.88. The first kappa shape index (κ1) is 29.1. The second-order valence-corrected chi connectivity index (χ2v) is 14.3. The number of carbonyl (C=O) groups excluding carboxylic acids is 1. The van der Waals surface area contributed by atoms with Crippen LogP contribution in [-0.4, -0.2) is 42.4 Å². The molecule has 2 fully saturated rings. The molecule has 1 aliphatic carbocycles. The molecule has 2 aliphatic heterocycles. The zero-order chi connectivity index (χ0) is 29.4. The van der Waals surface area contributed by atoms with Crippen LogP contribution in [0, 0.1) is 11.8 Å². The Morgan fingerprint density at radius 1 is 0.881 bits per heavy atom. The maximum atomic E-state index is 14.1. The van der Waals surface area contributed by atoms with Gasteiger partial charge >= 0.3 is 0 Å². The van der Waals surface area contributed by atoms with Crippen molar-refractivity contribution in [3.63, 3.8) is 0 Å². The van der Waals surface area contributed by atoms with Gasteiger partial charge in [-0.3, -0.25) is 4.79 Å². The van der Waals surface area contributed by atoms with E-state index in [2.05, 4.69) is 13.0 Å². The van der Waals surface area contributed by atoms with Crippen molar-refractivity contribution in [2.75, 3.05) is 13.1 Å². The highest BCUT2D eigenvalue weighted by Gasteiger charge is 2.45. The number of hydrazone groups is 1. The predicted octanol–water partition coefficient (Wildman–Crippen LogP) is 7.85. The molecule has 3 aliphatic rings. The number of amides is 1. The van der Waals surface area contributed by atoms with E-state index < -0.39 is 10.0 Å². The summed E-state index contributed by atoms with van der Waals surface area (Å²) in [5.41, 5.74) is 4.41. The summed E-state index contributed by atoms with van der Waals surface area (Å²) in [6.07, 6.45) is 6.67. The van der Waals surface area contributed by atoms with Gasteiger partial charge in [0, 0.05) is 34.6 Å². The molecule has 0 radical (unpaired) electrons. The highest BCUT2D eigenvalue weighted by atomic mass is 35.5. The third-order valence-corrected chi connectivity index (χ3v) is 10.9. The smallest absolute Gasteiger partial charge is 0.267 e. The molecule has 3 atom stereocenters. The molecule has 3 aromatic carbocycles. The number of piperidine rings is 1. The van der Waals surface area contributed by atoms with Crippen molar-refractivity contribution in [3.05, 3.63) is 105 Å². The van der Waals surface area contributed by atoms with Crippen molar-refractivity contribution in [3.8, 4) is 0 Å². The van der Waals surface area contributed by atoms with E-state index in [1.54, 1.807) is 29.3 Å². The second kappa shape index (κ2) is 12.0. The molecule has 0 unspecified atom stereocenters. The largest absolute Gasteiger partial charge is 0.274 e. The molecule has 2 heterocycles. The van der Waals surface area contributed by atoms with Gasteiger partial charge in [0.1, 0.15) is 0 Å². The van der Waals surface area contributed by atoms with Crippen LogP contribution in [0.2, 0.25) is 10.0 Å². The number of hydrogen-bond donors (Lipinski definition) is 0. The van der Waals surface area contributed by atoms with E-state index in [4.69, 9.17) is 28.3 Å². The highest BCUT2D eigenvalue weighted by molar-refractivity contribution is 7.89. The number of halogens is 2. The average molecular weight is 623 g/mol. The lowest BCUT2D eigenvalue weighted by molar-refractivity contribution is 0.0676. The topological polar surface area (TPSA) is 70.0 Å². The van der Waals surface area contributed by atoms with E-state index in [0.717, 1.165) is 54.5 Å². The molecule has 1 saturated carbocycles. The summed E-state index contributed by atoms with van der Waals surface area (Å²) in [7, 11) is -3.59. The fraction of sp³-hybridized carbons (Fsp3) is 0.333. The molecule has 6 nitrogen and oxygen atoms in total. The van der Waals surface area contributed by atoms with Crippen LogP contribution in [-0.2, 0) is 10.0 Å². The van der Waals surface area contributed by atoms with Gasteiger partial charge < -0.3 is 0 Å².